The van der Waals surface area contributed by atoms with E-state index in [2.05, 4.69) is 38.0 Å². The highest BCUT2D eigenvalue weighted by atomic mass is 16.2. The summed E-state index contributed by atoms with van der Waals surface area (Å²) >= 11 is 0. The van der Waals surface area contributed by atoms with Gasteiger partial charge in [-0.25, -0.2) is 0 Å². The highest BCUT2D eigenvalue weighted by molar-refractivity contribution is 5.81. The Hall–Kier alpha value is -0.610. The molecule has 4 nitrogen and oxygen atoms in total. The summed E-state index contributed by atoms with van der Waals surface area (Å²) in [6.45, 7) is 7.90. The average molecular weight is 281 g/mol. The molecule has 3 unspecified atom stereocenters. The SMILES string of the molecule is CCN(CC)C(=O)C(C)N1C2CCCC1CC(NC)C2. The number of nitrogens with zero attached hydrogens (tertiary/aromatic N) is 2. The van der Waals surface area contributed by atoms with Crippen LogP contribution in [0.15, 0.2) is 0 Å². The van der Waals surface area contributed by atoms with E-state index in [1.165, 1.54) is 32.1 Å². The first kappa shape index (κ1) is 15.8. The molecule has 2 fully saturated rings. The largest absolute Gasteiger partial charge is 0.342 e. The van der Waals surface area contributed by atoms with Gasteiger partial charge in [-0.2, -0.15) is 0 Å². The number of rotatable bonds is 5. The van der Waals surface area contributed by atoms with Crippen LogP contribution in [-0.2, 0) is 4.79 Å². The van der Waals surface area contributed by atoms with E-state index in [0.717, 1.165) is 13.1 Å². The molecule has 2 bridgehead atoms. The van der Waals surface area contributed by atoms with Crippen LogP contribution >= 0.6 is 0 Å². The number of nitrogens with one attached hydrogen (secondary N) is 1. The average Bonchev–Trinajstić information content (AvgIpc) is 2.46. The van der Waals surface area contributed by atoms with E-state index in [1.54, 1.807) is 0 Å². The lowest BCUT2D eigenvalue weighted by Crippen LogP contribution is -2.61. The smallest absolute Gasteiger partial charge is 0.239 e. The highest BCUT2D eigenvalue weighted by Gasteiger charge is 2.42. The fourth-order valence-electron chi connectivity index (χ4n) is 4.21. The van der Waals surface area contributed by atoms with Crippen LogP contribution in [0.25, 0.3) is 0 Å². The molecule has 0 aliphatic carbocycles. The minimum Gasteiger partial charge on any atom is -0.342 e. The molecule has 20 heavy (non-hydrogen) atoms. The van der Waals surface area contributed by atoms with Crippen molar-refractivity contribution in [1.82, 2.24) is 15.1 Å². The fourth-order valence-corrected chi connectivity index (χ4v) is 4.21. The lowest BCUT2D eigenvalue weighted by atomic mass is 9.80. The maximum atomic E-state index is 12.7. The zero-order chi connectivity index (χ0) is 14.7. The van der Waals surface area contributed by atoms with Gasteiger partial charge in [-0.05, 0) is 53.5 Å². The first-order valence-electron chi connectivity index (χ1n) is 8.35. The van der Waals surface area contributed by atoms with Gasteiger partial charge in [-0.1, -0.05) is 6.42 Å². The Morgan fingerprint density at radius 1 is 1.25 bits per heavy atom. The third-order valence-electron chi connectivity index (χ3n) is 5.32. The van der Waals surface area contributed by atoms with Crippen LogP contribution in [0.5, 0.6) is 0 Å². The second-order valence-electron chi connectivity index (χ2n) is 6.33. The van der Waals surface area contributed by atoms with Gasteiger partial charge in [0.25, 0.3) is 0 Å². The summed E-state index contributed by atoms with van der Waals surface area (Å²) in [5.41, 5.74) is 0. The third-order valence-corrected chi connectivity index (χ3v) is 5.32. The molecule has 0 aromatic rings. The van der Waals surface area contributed by atoms with Crippen molar-refractivity contribution in [3.63, 3.8) is 0 Å². The Labute approximate surface area is 123 Å². The number of carbonyl (C=O) groups excluding carboxylic acids is 1. The standard InChI is InChI=1S/C16H31N3O/c1-5-18(6-2)16(20)12(3)19-14-8-7-9-15(19)11-13(10-14)17-4/h12-15,17H,5-11H2,1-4H3. The van der Waals surface area contributed by atoms with E-state index in [4.69, 9.17) is 0 Å². The fraction of sp³-hybridized carbons (Fsp3) is 0.938. The van der Waals surface area contributed by atoms with Crippen LogP contribution in [0.2, 0.25) is 0 Å². The molecular weight excluding hydrogens is 250 g/mol. The maximum Gasteiger partial charge on any atom is 0.239 e. The van der Waals surface area contributed by atoms with Gasteiger partial charge in [-0.3, -0.25) is 9.69 Å². The van der Waals surface area contributed by atoms with E-state index in [1.807, 2.05) is 4.90 Å². The monoisotopic (exact) mass is 281 g/mol. The zero-order valence-corrected chi connectivity index (χ0v) is 13.6. The number of hydrogen-bond donors (Lipinski definition) is 1. The number of fused-ring (bicyclic) bond motifs is 2. The van der Waals surface area contributed by atoms with Gasteiger partial charge in [0.1, 0.15) is 0 Å². The third kappa shape index (κ3) is 3.01. The van der Waals surface area contributed by atoms with Gasteiger partial charge in [0.15, 0.2) is 0 Å². The summed E-state index contributed by atoms with van der Waals surface area (Å²) in [6.07, 6.45) is 6.23. The zero-order valence-electron chi connectivity index (χ0n) is 13.6. The van der Waals surface area contributed by atoms with Crippen molar-refractivity contribution in [2.45, 2.75) is 77.0 Å². The Morgan fingerprint density at radius 2 is 1.80 bits per heavy atom. The van der Waals surface area contributed by atoms with Crippen LogP contribution in [0, 0.1) is 0 Å². The number of piperidine rings is 2. The Morgan fingerprint density at radius 3 is 2.25 bits per heavy atom. The molecule has 2 heterocycles. The van der Waals surface area contributed by atoms with Crippen molar-refractivity contribution in [2.24, 2.45) is 0 Å². The number of amides is 1. The van der Waals surface area contributed by atoms with Crippen molar-refractivity contribution in [2.75, 3.05) is 20.1 Å². The normalized spacial score (nSPS) is 31.9. The second-order valence-corrected chi connectivity index (χ2v) is 6.33. The molecule has 116 valence electrons. The molecule has 0 saturated carbocycles. The van der Waals surface area contributed by atoms with Gasteiger partial charge >= 0.3 is 0 Å². The Bertz CT molecular complexity index is 316. The van der Waals surface area contributed by atoms with E-state index in [0.29, 0.717) is 24.0 Å². The summed E-state index contributed by atoms with van der Waals surface area (Å²) in [5.74, 6) is 0.315. The van der Waals surface area contributed by atoms with Crippen molar-refractivity contribution in [1.29, 1.82) is 0 Å². The minimum absolute atomic E-state index is 0.0445. The molecule has 0 aromatic carbocycles. The predicted octanol–water partition coefficient (Wildman–Crippen LogP) is 1.85. The molecule has 2 saturated heterocycles. The quantitative estimate of drug-likeness (QED) is 0.835. The van der Waals surface area contributed by atoms with Crippen LogP contribution in [0.4, 0.5) is 0 Å². The van der Waals surface area contributed by atoms with Crippen LogP contribution in [-0.4, -0.2) is 60.0 Å². The van der Waals surface area contributed by atoms with Gasteiger partial charge in [0, 0.05) is 31.2 Å². The molecule has 0 aromatic heterocycles. The second kappa shape index (κ2) is 6.90. The van der Waals surface area contributed by atoms with Crippen molar-refractivity contribution in [3.05, 3.63) is 0 Å². The molecule has 4 heteroatoms. The maximum absolute atomic E-state index is 12.7. The Balaban J connectivity index is 2.09. The van der Waals surface area contributed by atoms with Gasteiger partial charge in [0.2, 0.25) is 5.91 Å². The molecule has 2 aliphatic rings. The molecule has 2 aliphatic heterocycles. The molecule has 0 spiro atoms. The molecule has 3 atom stereocenters. The van der Waals surface area contributed by atoms with Crippen molar-refractivity contribution < 1.29 is 4.79 Å². The molecule has 2 rings (SSSR count). The van der Waals surface area contributed by atoms with Gasteiger partial charge in [0.05, 0.1) is 6.04 Å². The van der Waals surface area contributed by atoms with Crippen molar-refractivity contribution >= 4 is 5.91 Å². The molecule has 0 radical (unpaired) electrons. The van der Waals surface area contributed by atoms with Crippen LogP contribution in [0.1, 0.15) is 52.9 Å². The van der Waals surface area contributed by atoms with Gasteiger partial charge in [-0.15, -0.1) is 0 Å². The van der Waals surface area contributed by atoms with E-state index in [-0.39, 0.29) is 6.04 Å². The highest BCUT2D eigenvalue weighted by Crippen LogP contribution is 2.35. The lowest BCUT2D eigenvalue weighted by molar-refractivity contribution is -0.140. The number of carbonyl (C=O) groups is 1. The van der Waals surface area contributed by atoms with E-state index >= 15 is 0 Å². The number of hydrogen-bond acceptors (Lipinski definition) is 3. The summed E-state index contributed by atoms with van der Waals surface area (Å²) < 4.78 is 0. The van der Waals surface area contributed by atoms with Gasteiger partial charge < -0.3 is 10.2 Å². The summed E-state index contributed by atoms with van der Waals surface area (Å²) in [7, 11) is 2.07. The topological polar surface area (TPSA) is 35.6 Å². The number of likely N-dealkylation sites (N-methyl/N-ethyl adjacent to an activating group) is 1. The van der Waals surface area contributed by atoms with E-state index < -0.39 is 0 Å². The summed E-state index contributed by atoms with van der Waals surface area (Å²) in [4.78, 5) is 17.2. The molecule has 1 amide bonds. The summed E-state index contributed by atoms with van der Waals surface area (Å²) in [5, 5.41) is 3.44. The van der Waals surface area contributed by atoms with Crippen molar-refractivity contribution in [3.8, 4) is 0 Å². The van der Waals surface area contributed by atoms with Crippen LogP contribution < -0.4 is 5.32 Å². The molecule has 1 N–H and O–H groups in total. The summed E-state index contributed by atoms with van der Waals surface area (Å²) in [6, 6.07) is 1.87. The van der Waals surface area contributed by atoms with E-state index in [9.17, 15) is 4.79 Å². The first-order chi connectivity index (χ1) is 9.62. The van der Waals surface area contributed by atoms with Crippen LogP contribution in [0.3, 0.4) is 0 Å². The minimum atomic E-state index is 0.0445. The lowest BCUT2D eigenvalue weighted by Gasteiger charge is -2.51. The predicted molar refractivity (Wildman–Crippen MR) is 82.7 cm³/mol. The molecular formula is C16H31N3O. The Kier molecular flexibility index (Phi) is 5.44. The first-order valence-corrected chi connectivity index (χ1v) is 8.35.